The molecular formula is C24H28N5O3+. The number of carbonyl (C=O) groups is 1. The average Bonchev–Trinajstić information content (AvgIpc) is 3.18. The Hall–Kier alpha value is -3.57. The molecule has 0 atom stereocenters. The smallest absolute Gasteiger partial charge is 0.325 e. The van der Waals surface area contributed by atoms with Crippen molar-refractivity contribution in [2.24, 2.45) is 0 Å². The Morgan fingerprint density at radius 2 is 2.06 bits per heavy atom. The molecule has 0 radical (unpaired) electrons. The molecule has 1 aromatic carbocycles. The van der Waals surface area contributed by atoms with Crippen molar-refractivity contribution in [3.05, 3.63) is 47.9 Å². The maximum absolute atomic E-state index is 12.9. The molecule has 0 bridgehead atoms. The molecule has 166 valence electrons. The fourth-order valence-electron chi connectivity index (χ4n) is 4.19. The normalized spacial score (nSPS) is 20.7. The van der Waals surface area contributed by atoms with Crippen LogP contribution in [0.4, 0.5) is 11.4 Å². The number of hydrogen-bond donors (Lipinski definition) is 3. The summed E-state index contributed by atoms with van der Waals surface area (Å²) < 4.78 is 2.82. The van der Waals surface area contributed by atoms with E-state index in [1.807, 2.05) is 42.0 Å². The molecule has 1 amide bonds. The summed E-state index contributed by atoms with van der Waals surface area (Å²) >= 11 is 0. The Morgan fingerprint density at radius 1 is 1.34 bits per heavy atom. The molecule has 3 N–H and O–H groups in total. The number of carbonyl (C=O) groups excluding carboxylic acids is 1. The minimum Gasteiger partial charge on any atom is -0.378 e. The van der Waals surface area contributed by atoms with Crippen LogP contribution >= 0.6 is 0 Å². The fraction of sp³-hybridized carbons (Fsp3) is 0.375. The first-order valence-corrected chi connectivity index (χ1v) is 10.6. The predicted octanol–water partition coefficient (Wildman–Crippen LogP) is 2.67. The first-order chi connectivity index (χ1) is 15.2. The van der Waals surface area contributed by atoms with Gasteiger partial charge in [0.05, 0.1) is 22.9 Å². The van der Waals surface area contributed by atoms with Crippen molar-refractivity contribution in [3.8, 4) is 12.3 Å². The number of nitrogens with one attached hydrogen (secondary N) is 1. The molecule has 0 unspecified atom stereocenters. The summed E-state index contributed by atoms with van der Waals surface area (Å²) in [4.78, 5) is 14.8. The maximum Gasteiger partial charge on any atom is 0.325 e. The Kier molecular flexibility index (Phi) is 5.53. The lowest BCUT2D eigenvalue weighted by Gasteiger charge is -2.32. The molecule has 1 fully saturated rings. The fourth-order valence-corrected chi connectivity index (χ4v) is 4.19. The summed E-state index contributed by atoms with van der Waals surface area (Å²) in [6, 6.07) is 9.00. The van der Waals surface area contributed by atoms with Gasteiger partial charge in [-0.1, -0.05) is 5.92 Å². The number of pyridine rings is 1. The lowest BCUT2D eigenvalue weighted by Crippen LogP contribution is -2.42. The SMILES string of the molecule is C#CC1(O)CCC(n2cc3cc(NC(=O)c4cccc(C)[n+]4O)c(N(C)C)cc3n2)CC1. The number of aryl methyl sites for hydroxylation is 1. The van der Waals surface area contributed by atoms with Crippen LogP contribution in [-0.4, -0.2) is 45.7 Å². The van der Waals surface area contributed by atoms with E-state index in [-0.39, 0.29) is 11.7 Å². The second-order valence-corrected chi connectivity index (χ2v) is 8.66. The predicted molar refractivity (Wildman–Crippen MR) is 122 cm³/mol. The van der Waals surface area contributed by atoms with Gasteiger partial charge in [0.25, 0.3) is 0 Å². The van der Waals surface area contributed by atoms with Crippen molar-refractivity contribution >= 4 is 28.2 Å². The topological polar surface area (TPSA) is 94.5 Å². The van der Waals surface area contributed by atoms with Crippen LogP contribution in [0.5, 0.6) is 0 Å². The number of nitrogens with zero attached hydrogens (tertiary/aromatic N) is 4. The standard InChI is InChI=1S/C24H27N5O3/c1-5-24(31)11-9-18(10-12-24)28-15-17-13-20(22(27(3)4)14-19(17)26-28)25-23(30)21-8-6-7-16(2)29(21)32/h1,6-8,13-15,18,31H,9-12H2,2-4H3,(H-,25,30,32)/p+1. The molecule has 2 heterocycles. The van der Waals surface area contributed by atoms with Crippen molar-refractivity contribution in [2.75, 3.05) is 24.3 Å². The van der Waals surface area contributed by atoms with Crippen molar-refractivity contribution in [3.63, 3.8) is 0 Å². The highest BCUT2D eigenvalue weighted by Gasteiger charge is 2.32. The van der Waals surface area contributed by atoms with Crippen molar-refractivity contribution in [1.29, 1.82) is 0 Å². The second-order valence-electron chi connectivity index (χ2n) is 8.66. The summed E-state index contributed by atoms with van der Waals surface area (Å²) in [6.45, 7) is 1.72. The number of anilines is 2. The summed E-state index contributed by atoms with van der Waals surface area (Å²) in [7, 11) is 3.79. The van der Waals surface area contributed by atoms with Crippen LogP contribution in [0, 0.1) is 19.3 Å². The van der Waals surface area contributed by atoms with Gasteiger partial charge in [-0.15, -0.1) is 6.42 Å². The molecule has 0 saturated heterocycles. The largest absolute Gasteiger partial charge is 0.378 e. The minimum absolute atomic E-state index is 0.147. The number of terminal acetylenes is 1. The molecule has 1 saturated carbocycles. The summed E-state index contributed by atoms with van der Waals surface area (Å²) in [6.07, 6.45) is 10.0. The number of rotatable bonds is 4. The van der Waals surface area contributed by atoms with Crippen LogP contribution in [0.25, 0.3) is 10.9 Å². The molecule has 0 aliphatic heterocycles. The number of aromatic nitrogens is 3. The molecule has 8 heteroatoms. The van der Waals surface area contributed by atoms with E-state index in [1.54, 1.807) is 25.1 Å². The molecule has 32 heavy (non-hydrogen) atoms. The maximum atomic E-state index is 12.9. The first-order valence-electron chi connectivity index (χ1n) is 10.6. The van der Waals surface area contributed by atoms with Gasteiger partial charge in [-0.05, 0) is 43.9 Å². The van der Waals surface area contributed by atoms with Crippen molar-refractivity contribution < 1.29 is 19.8 Å². The van der Waals surface area contributed by atoms with Gasteiger partial charge in [0.15, 0.2) is 0 Å². The average molecular weight is 435 g/mol. The van der Waals surface area contributed by atoms with Gasteiger partial charge in [0, 0.05) is 49.5 Å². The summed E-state index contributed by atoms with van der Waals surface area (Å²) in [5, 5.41) is 29.1. The van der Waals surface area contributed by atoms with E-state index in [9.17, 15) is 15.1 Å². The Bertz CT molecular complexity index is 1220. The first kappa shape index (κ1) is 21.7. The van der Waals surface area contributed by atoms with E-state index in [1.165, 1.54) is 0 Å². The molecule has 3 aromatic rings. The van der Waals surface area contributed by atoms with Gasteiger partial charge in [-0.3, -0.25) is 14.7 Å². The minimum atomic E-state index is -1.02. The summed E-state index contributed by atoms with van der Waals surface area (Å²) in [5.41, 5.74) is 1.94. The van der Waals surface area contributed by atoms with E-state index >= 15 is 0 Å². The van der Waals surface area contributed by atoms with Crippen molar-refractivity contribution in [2.45, 2.75) is 44.2 Å². The third kappa shape index (κ3) is 3.99. The lowest BCUT2D eigenvalue weighted by atomic mass is 9.83. The quantitative estimate of drug-likeness (QED) is 0.333. The second kappa shape index (κ2) is 8.17. The van der Waals surface area contributed by atoms with Gasteiger partial charge in [-0.25, -0.2) is 0 Å². The zero-order valence-corrected chi connectivity index (χ0v) is 18.5. The molecule has 0 spiro atoms. The molecule has 4 rings (SSSR count). The molecule has 2 aromatic heterocycles. The highest BCUT2D eigenvalue weighted by atomic mass is 16.5. The molecule has 8 nitrogen and oxygen atoms in total. The monoisotopic (exact) mass is 434 g/mol. The Morgan fingerprint density at radius 3 is 2.72 bits per heavy atom. The van der Waals surface area contributed by atoms with Gasteiger partial charge in [-0.2, -0.15) is 5.10 Å². The zero-order valence-electron chi connectivity index (χ0n) is 18.5. The van der Waals surface area contributed by atoms with Gasteiger partial charge < -0.3 is 15.3 Å². The Labute approximate surface area is 187 Å². The van der Waals surface area contributed by atoms with Gasteiger partial charge >= 0.3 is 11.6 Å². The van der Waals surface area contributed by atoms with Crippen LogP contribution in [0.15, 0.2) is 36.5 Å². The number of hydrogen-bond acceptors (Lipinski definition) is 5. The highest BCUT2D eigenvalue weighted by molar-refractivity contribution is 6.05. The van der Waals surface area contributed by atoms with Crippen LogP contribution < -0.4 is 14.9 Å². The third-order valence-corrected chi connectivity index (χ3v) is 6.18. The molecular weight excluding hydrogens is 406 g/mol. The number of fused-ring (bicyclic) bond motifs is 1. The van der Waals surface area contributed by atoms with E-state index in [2.05, 4.69) is 11.2 Å². The third-order valence-electron chi connectivity index (χ3n) is 6.18. The van der Waals surface area contributed by atoms with Crippen LogP contribution in [0.1, 0.15) is 47.9 Å². The molecule has 1 aliphatic rings. The zero-order chi connectivity index (χ0) is 23.0. The van der Waals surface area contributed by atoms with Gasteiger partial charge in [0.1, 0.15) is 5.60 Å². The van der Waals surface area contributed by atoms with E-state index in [0.717, 1.165) is 34.2 Å². The van der Waals surface area contributed by atoms with Gasteiger partial charge in [0.2, 0.25) is 5.69 Å². The van der Waals surface area contributed by atoms with E-state index in [4.69, 9.17) is 11.5 Å². The van der Waals surface area contributed by atoms with Crippen molar-refractivity contribution in [1.82, 2.24) is 9.78 Å². The van der Waals surface area contributed by atoms with E-state index in [0.29, 0.717) is 24.2 Å². The highest BCUT2D eigenvalue weighted by Crippen LogP contribution is 2.36. The Balaban J connectivity index is 1.65. The summed E-state index contributed by atoms with van der Waals surface area (Å²) in [5.74, 6) is 2.10. The number of amides is 1. The number of benzene rings is 1. The van der Waals surface area contributed by atoms with Crippen LogP contribution in [0.3, 0.4) is 0 Å². The van der Waals surface area contributed by atoms with Crippen LogP contribution in [-0.2, 0) is 0 Å². The van der Waals surface area contributed by atoms with Crippen LogP contribution in [0.2, 0.25) is 0 Å². The lowest BCUT2D eigenvalue weighted by molar-refractivity contribution is -0.909. The van der Waals surface area contributed by atoms with E-state index < -0.39 is 11.5 Å². The molecule has 1 aliphatic carbocycles. The number of aliphatic hydroxyl groups is 1.